The van der Waals surface area contributed by atoms with Gasteiger partial charge in [0.25, 0.3) is 0 Å². The molecule has 2 aromatic heterocycles. The molecule has 1 fully saturated rings. The van der Waals surface area contributed by atoms with E-state index < -0.39 is 11.6 Å². The summed E-state index contributed by atoms with van der Waals surface area (Å²) in [5.74, 6) is -1.09. The fourth-order valence-electron chi connectivity index (χ4n) is 3.23. The molecule has 118 valence electrons. The third kappa shape index (κ3) is 2.47. The molecule has 0 atom stereocenters. The molecule has 1 saturated carbocycles. The van der Waals surface area contributed by atoms with Crippen molar-refractivity contribution >= 4 is 22.5 Å². The van der Waals surface area contributed by atoms with Crippen LogP contribution in [0.5, 0.6) is 0 Å². The van der Waals surface area contributed by atoms with Crippen LogP contribution in [-0.2, 0) is 0 Å². The SMILES string of the molecule is Fc1cnc(Cl)nc1-c1cc(F)c2cnn(C3CCCC3)c2c1. The van der Waals surface area contributed by atoms with Gasteiger partial charge in [-0.25, -0.2) is 18.7 Å². The quantitative estimate of drug-likeness (QED) is 0.646. The summed E-state index contributed by atoms with van der Waals surface area (Å²) in [4.78, 5) is 7.47. The monoisotopic (exact) mass is 334 g/mol. The van der Waals surface area contributed by atoms with Crippen molar-refractivity contribution in [2.45, 2.75) is 31.7 Å². The van der Waals surface area contributed by atoms with Gasteiger partial charge in [-0.1, -0.05) is 12.8 Å². The van der Waals surface area contributed by atoms with Gasteiger partial charge in [-0.15, -0.1) is 0 Å². The molecule has 0 aliphatic heterocycles. The van der Waals surface area contributed by atoms with Gasteiger partial charge in [0, 0.05) is 5.56 Å². The summed E-state index contributed by atoms with van der Waals surface area (Å²) in [7, 11) is 0. The molecule has 4 nitrogen and oxygen atoms in total. The molecule has 23 heavy (non-hydrogen) atoms. The number of hydrogen-bond acceptors (Lipinski definition) is 3. The van der Waals surface area contributed by atoms with Crippen LogP contribution < -0.4 is 0 Å². The Morgan fingerprint density at radius 3 is 2.65 bits per heavy atom. The maximum atomic E-state index is 14.4. The van der Waals surface area contributed by atoms with Gasteiger partial charge in [0.15, 0.2) is 5.82 Å². The van der Waals surface area contributed by atoms with E-state index in [0.29, 0.717) is 16.5 Å². The number of halogens is 3. The fourth-order valence-corrected chi connectivity index (χ4v) is 3.36. The van der Waals surface area contributed by atoms with E-state index in [1.54, 1.807) is 6.07 Å². The van der Waals surface area contributed by atoms with Crippen molar-refractivity contribution in [1.82, 2.24) is 19.7 Å². The molecule has 1 aromatic carbocycles. The minimum Gasteiger partial charge on any atom is -0.262 e. The minimum absolute atomic E-state index is 0.00929. The van der Waals surface area contributed by atoms with Crippen LogP contribution in [0.4, 0.5) is 8.78 Å². The van der Waals surface area contributed by atoms with Crippen LogP contribution in [-0.4, -0.2) is 19.7 Å². The number of hydrogen-bond donors (Lipinski definition) is 0. The van der Waals surface area contributed by atoms with E-state index in [1.807, 2.05) is 4.68 Å². The summed E-state index contributed by atoms with van der Waals surface area (Å²) in [6.07, 6.45) is 6.85. The second-order valence-electron chi connectivity index (χ2n) is 5.75. The van der Waals surface area contributed by atoms with Crippen LogP contribution in [0.15, 0.2) is 24.5 Å². The molecular formula is C16H13ClF2N4. The lowest BCUT2D eigenvalue weighted by Gasteiger charge is -2.12. The second kappa shape index (κ2) is 5.53. The predicted molar refractivity (Wildman–Crippen MR) is 83.2 cm³/mol. The number of fused-ring (bicyclic) bond motifs is 1. The highest BCUT2D eigenvalue weighted by atomic mass is 35.5. The molecule has 0 amide bonds. The van der Waals surface area contributed by atoms with E-state index in [-0.39, 0.29) is 17.0 Å². The van der Waals surface area contributed by atoms with E-state index in [2.05, 4.69) is 15.1 Å². The van der Waals surface area contributed by atoms with Crippen molar-refractivity contribution in [1.29, 1.82) is 0 Å². The zero-order valence-corrected chi connectivity index (χ0v) is 12.9. The smallest absolute Gasteiger partial charge is 0.223 e. The van der Waals surface area contributed by atoms with E-state index in [0.717, 1.165) is 31.9 Å². The summed E-state index contributed by atoms with van der Waals surface area (Å²) < 4.78 is 30.2. The highest BCUT2D eigenvalue weighted by Gasteiger charge is 2.21. The van der Waals surface area contributed by atoms with Crippen LogP contribution in [0.2, 0.25) is 5.28 Å². The Bertz CT molecular complexity index is 887. The third-order valence-electron chi connectivity index (χ3n) is 4.32. The van der Waals surface area contributed by atoms with Crippen molar-refractivity contribution in [2.24, 2.45) is 0 Å². The van der Waals surface area contributed by atoms with Crippen LogP contribution in [0, 0.1) is 11.6 Å². The topological polar surface area (TPSA) is 43.6 Å². The number of nitrogens with zero attached hydrogens (tertiary/aromatic N) is 4. The molecule has 3 aromatic rings. The number of rotatable bonds is 2. The highest BCUT2D eigenvalue weighted by molar-refractivity contribution is 6.28. The van der Waals surface area contributed by atoms with Gasteiger partial charge in [-0.05, 0) is 36.6 Å². The molecule has 1 aliphatic rings. The Labute approximate surface area is 136 Å². The lowest BCUT2D eigenvalue weighted by molar-refractivity contribution is 0.482. The Hall–Kier alpha value is -2.08. The van der Waals surface area contributed by atoms with Crippen LogP contribution >= 0.6 is 11.6 Å². The van der Waals surface area contributed by atoms with E-state index in [1.165, 1.54) is 12.3 Å². The predicted octanol–water partition coefficient (Wildman–Crippen LogP) is 4.54. The zero-order valence-electron chi connectivity index (χ0n) is 12.1. The van der Waals surface area contributed by atoms with Gasteiger partial charge >= 0.3 is 0 Å². The van der Waals surface area contributed by atoms with Crippen molar-refractivity contribution in [3.05, 3.63) is 41.4 Å². The normalized spacial score (nSPS) is 15.6. The number of aromatic nitrogens is 4. The van der Waals surface area contributed by atoms with Crippen LogP contribution in [0.25, 0.3) is 22.2 Å². The molecule has 0 bridgehead atoms. The van der Waals surface area contributed by atoms with Crippen molar-refractivity contribution in [3.63, 3.8) is 0 Å². The lowest BCUT2D eigenvalue weighted by Crippen LogP contribution is -2.06. The standard InChI is InChI=1S/C16H13ClF2N4/c17-16-20-8-13(19)15(22-16)9-5-12(18)11-7-21-23(14(11)6-9)10-3-1-2-4-10/h5-8,10H,1-4H2. The fraction of sp³-hybridized carbons (Fsp3) is 0.312. The average Bonchev–Trinajstić information content (AvgIpc) is 3.18. The van der Waals surface area contributed by atoms with Gasteiger partial charge in [-0.2, -0.15) is 5.10 Å². The molecule has 0 radical (unpaired) electrons. The summed E-state index contributed by atoms with van der Waals surface area (Å²) >= 11 is 5.74. The summed E-state index contributed by atoms with van der Waals surface area (Å²) in [6, 6.07) is 3.23. The maximum Gasteiger partial charge on any atom is 0.223 e. The summed E-state index contributed by atoms with van der Waals surface area (Å²) in [5.41, 5.74) is 0.975. The van der Waals surface area contributed by atoms with E-state index in [9.17, 15) is 8.78 Å². The van der Waals surface area contributed by atoms with Crippen molar-refractivity contribution < 1.29 is 8.78 Å². The van der Waals surface area contributed by atoms with Crippen molar-refractivity contribution in [3.8, 4) is 11.3 Å². The van der Waals surface area contributed by atoms with Gasteiger partial charge in [0.2, 0.25) is 5.28 Å². The zero-order chi connectivity index (χ0) is 16.0. The molecule has 7 heteroatoms. The maximum absolute atomic E-state index is 14.4. The highest BCUT2D eigenvalue weighted by Crippen LogP contribution is 2.34. The van der Waals surface area contributed by atoms with Gasteiger partial charge in [-0.3, -0.25) is 4.68 Å². The van der Waals surface area contributed by atoms with Crippen LogP contribution in [0.1, 0.15) is 31.7 Å². The first-order chi connectivity index (χ1) is 11.1. The van der Waals surface area contributed by atoms with Crippen molar-refractivity contribution in [2.75, 3.05) is 0 Å². The molecule has 0 spiro atoms. The minimum atomic E-state index is -0.639. The second-order valence-corrected chi connectivity index (χ2v) is 6.09. The number of benzene rings is 1. The third-order valence-corrected chi connectivity index (χ3v) is 4.51. The molecule has 0 saturated heterocycles. The summed E-state index contributed by atoms with van der Waals surface area (Å²) in [6.45, 7) is 0. The Balaban J connectivity index is 1.91. The average molecular weight is 335 g/mol. The molecule has 4 rings (SSSR count). The molecule has 0 unspecified atom stereocenters. The van der Waals surface area contributed by atoms with Gasteiger partial charge in [0.05, 0.1) is 29.3 Å². The largest absolute Gasteiger partial charge is 0.262 e. The molecular weight excluding hydrogens is 322 g/mol. The van der Waals surface area contributed by atoms with Gasteiger partial charge in [0.1, 0.15) is 11.5 Å². The van der Waals surface area contributed by atoms with Gasteiger partial charge < -0.3 is 0 Å². The summed E-state index contributed by atoms with van der Waals surface area (Å²) in [5, 5.41) is 4.69. The molecule has 0 N–H and O–H groups in total. The Kier molecular flexibility index (Phi) is 3.49. The van der Waals surface area contributed by atoms with E-state index in [4.69, 9.17) is 11.6 Å². The first kappa shape index (κ1) is 14.5. The lowest BCUT2D eigenvalue weighted by atomic mass is 10.1. The molecule has 2 heterocycles. The first-order valence-electron chi connectivity index (χ1n) is 7.48. The first-order valence-corrected chi connectivity index (χ1v) is 7.86. The van der Waals surface area contributed by atoms with E-state index >= 15 is 0 Å². The Morgan fingerprint density at radius 2 is 1.87 bits per heavy atom. The Morgan fingerprint density at radius 1 is 1.09 bits per heavy atom. The van der Waals surface area contributed by atoms with Crippen LogP contribution in [0.3, 0.4) is 0 Å². The molecule has 1 aliphatic carbocycles.